The molecule has 0 radical (unpaired) electrons. The Morgan fingerprint density at radius 2 is 1.56 bits per heavy atom. The summed E-state index contributed by atoms with van der Waals surface area (Å²) < 4.78 is 5.45. The number of ether oxygens (including phenoxy) is 1. The number of carbonyl (C=O) groups excluding carboxylic acids is 1. The van der Waals surface area contributed by atoms with Gasteiger partial charge in [0.2, 0.25) is 5.91 Å². The van der Waals surface area contributed by atoms with Crippen LogP contribution in [0.3, 0.4) is 0 Å². The smallest absolute Gasteiger partial charge is 0.228 e. The molecule has 3 heterocycles. The van der Waals surface area contributed by atoms with E-state index in [9.17, 15) is 4.79 Å². The molecular weight excluding hydrogens is 444 g/mol. The molecule has 3 aromatic rings. The summed E-state index contributed by atoms with van der Waals surface area (Å²) in [7, 11) is 0. The molecule has 6 nitrogen and oxygen atoms in total. The number of aromatic nitrogens is 1. The maximum atomic E-state index is 12.9. The molecule has 0 spiro atoms. The number of rotatable bonds is 7. The monoisotopic (exact) mass is 476 g/mol. The first-order valence-corrected chi connectivity index (χ1v) is 13.0. The summed E-state index contributed by atoms with van der Waals surface area (Å²) in [5.41, 5.74) is 4.62. The first-order valence-electron chi connectivity index (χ1n) is 12.1. The van der Waals surface area contributed by atoms with Gasteiger partial charge in [0.25, 0.3) is 0 Å². The number of morpholine rings is 1. The molecule has 2 aromatic carbocycles. The van der Waals surface area contributed by atoms with E-state index in [4.69, 9.17) is 9.72 Å². The fourth-order valence-corrected chi connectivity index (χ4v) is 5.42. The number of benzene rings is 2. The van der Waals surface area contributed by atoms with Crippen LogP contribution in [0.1, 0.15) is 16.8 Å². The fraction of sp³-hybridized carbons (Fsp3) is 0.407. The van der Waals surface area contributed by atoms with Gasteiger partial charge in [-0.2, -0.15) is 0 Å². The Hall–Kier alpha value is -2.58. The highest BCUT2D eigenvalue weighted by Gasteiger charge is 2.22. The summed E-state index contributed by atoms with van der Waals surface area (Å²) in [6, 6.07) is 19.2. The van der Waals surface area contributed by atoms with Crippen LogP contribution in [-0.2, 0) is 29.0 Å². The second-order valence-electron chi connectivity index (χ2n) is 9.05. The zero-order valence-electron chi connectivity index (χ0n) is 19.6. The molecule has 2 aliphatic heterocycles. The lowest BCUT2D eigenvalue weighted by Gasteiger charge is -2.34. The van der Waals surface area contributed by atoms with E-state index in [-0.39, 0.29) is 5.91 Å². The maximum absolute atomic E-state index is 12.9. The molecule has 2 fully saturated rings. The molecule has 0 aliphatic carbocycles. The zero-order chi connectivity index (χ0) is 23.2. The number of thiazole rings is 1. The van der Waals surface area contributed by atoms with Crippen molar-refractivity contribution in [2.45, 2.75) is 19.5 Å². The Labute approximate surface area is 205 Å². The van der Waals surface area contributed by atoms with Gasteiger partial charge < -0.3 is 9.64 Å². The highest BCUT2D eigenvalue weighted by molar-refractivity contribution is 7.13. The standard InChI is InChI=1S/C27H32N4O2S/c32-26(31-11-9-29(10-12-31)19-22-5-2-1-3-6-22)18-25-21-34-27(28-25)24-8-4-7-23(17-24)20-30-13-15-33-16-14-30/h1-8,17,21H,9-16,18-20H2. The van der Waals surface area contributed by atoms with E-state index in [0.717, 1.165) is 81.8 Å². The number of carbonyl (C=O) groups is 1. The molecule has 0 bridgehead atoms. The maximum Gasteiger partial charge on any atom is 0.228 e. The Balaban J connectivity index is 1.13. The van der Waals surface area contributed by atoms with E-state index < -0.39 is 0 Å². The fourth-order valence-electron chi connectivity index (χ4n) is 4.60. The van der Waals surface area contributed by atoms with Crippen LogP contribution in [0.2, 0.25) is 0 Å². The van der Waals surface area contributed by atoms with Crippen LogP contribution in [0.15, 0.2) is 60.0 Å². The third kappa shape index (κ3) is 6.10. The minimum Gasteiger partial charge on any atom is -0.379 e. The largest absolute Gasteiger partial charge is 0.379 e. The molecule has 7 heteroatoms. The second kappa shape index (κ2) is 11.2. The third-order valence-electron chi connectivity index (χ3n) is 6.54. The van der Waals surface area contributed by atoms with Crippen molar-refractivity contribution in [3.8, 4) is 10.6 Å². The molecular formula is C27H32N4O2S. The average molecular weight is 477 g/mol. The number of nitrogens with zero attached hydrogens (tertiary/aromatic N) is 4. The van der Waals surface area contributed by atoms with Gasteiger partial charge in [0.15, 0.2) is 0 Å². The number of piperazine rings is 1. The lowest BCUT2D eigenvalue weighted by Crippen LogP contribution is -2.48. The Bertz CT molecular complexity index is 1070. The van der Waals surface area contributed by atoms with Gasteiger partial charge in [0.1, 0.15) is 5.01 Å². The molecule has 0 N–H and O–H groups in total. The van der Waals surface area contributed by atoms with Gasteiger partial charge in [-0.05, 0) is 17.2 Å². The van der Waals surface area contributed by atoms with Crippen molar-refractivity contribution >= 4 is 17.2 Å². The normalized spacial score (nSPS) is 17.7. The van der Waals surface area contributed by atoms with Crippen molar-refractivity contribution in [2.24, 2.45) is 0 Å². The van der Waals surface area contributed by atoms with E-state index in [2.05, 4.69) is 58.3 Å². The summed E-state index contributed by atoms with van der Waals surface area (Å²) in [4.78, 5) is 24.5. The van der Waals surface area contributed by atoms with Gasteiger partial charge in [0, 0.05) is 63.3 Å². The van der Waals surface area contributed by atoms with Crippen molar-refractivity contribution in [1.29, 1.82) is 0 Å². The van der Waals surface area contributed by atoms with Gasteiger partial charge >= 0.3 is 0 Å². The van der Waals surface area contributed by atoms with E-state index in [1.165, 1.54) is 11.1 Å². The highest BCUT2D eigenvalue weighted by atomic mass is 32.1. The second-order valence-corrected chi connectivity index (χ2v) is 9.91. The summed E-state index contributed by atoms with van der Waals surface area (Å²) >= 11 is 1.62. The Kier molecular flexibility index (Phi) is 7.65. The molecule has 178 valence electrons. The number of hydrogen-bond acceptors (Lipinski definition) is 6. The molecule has 5 rings (SSSR count). The van der Waals surface area contributed by atoms with Crippen molar-refractivity contribution in [3.05, 3.63) is 76.8 Å². The van der Waals surface area contributed by atoms with Crippen LogP contribution >= 0.6 is 11.3 Å². The quantitative estimate of drug-likeness (QED) is 0.522. The predicted octanol–water partition coefficient (Wildman–Crippen LogP) is 3.53. The van der Waals surface area contributed by atoms with E-state index in [0.29, 0.717) is 6.42 Å². The minimum atomic E-state index is 0.178. The van der Waals surface area contributed by atoms with Gasteiger partial charge in [0.05, 0.1) is 25.3 Å². The van der Waals surface area contributed by atoms with Gasteiger partial charge in [-0.25, -0.2) is 4.98 Å². The summed E-state index contributed by atoms with van der Waals surface area (Å²) in [5, 5.41) is 3.02. The lowest BCUT2D eigenvalue weighted by molar-refractivity contribution is -0.132. The Morgan fingerprint density at radius 3 is 2.35 bits per heavy atom. The van der Waals surface area contributed by atoms with Crippen LogP contribution in [0.25, 0.3) is 10.6 Å². The summed E-state index contributed by atoms with van der Waals surface area (Å²) in [6.45, 7) is 8.86. The predicted molar refractivity (Wildman–Crippen MR) is 136 cm³/mol. The van der Waals surface area contributed by atoms with Gasteiger partial charge in [-0.15, -0.1) is 11.3 Å². The molecule has 2 saturated heterocycles. The van der Waals surface area contributed by atoms with E-state index >= 15 is 0 Å². The third-order valence-corrected chi connectivity index (χ3v) is 7.48. The summed E-state index contributed by atoms with van der Waals surface area (Å²) in [5.74, 6) is 0.178. The SMILES string of the molecule is O=C(Cc1csc(-c2cccc(CN3CCOCC3)c2)n1)N1CCN(Cc2ccccc2)CC1. The van der Waals surface area contributed by atoms with Gasteiger partial charge in [-0.3, -0.25) is 14.6 Å². The molecule has 1 aromatic heterocycles. The van der Waals surface area contributed by atoms with E-state index in [1.807, 2.05) is 16.3 Å². The highest BCUT2D eigenvalue weighted by Crippen LogP contribution is 2.25. The van der Waals surface area contributed by atoms with Crippen LogP contribution in [-0.4, -0.2) is 78.1 Å². The summed E-state index contributed by atoms with van der Waals surface area (Å²) in [6.07, 6.45) is 0.378. The first-order chi connectivity index (χ1) is 16.7. The van der Waals surface area contributed by atoms with Crippen molar-refractivity contribution in [3.63, 3.8) is 0 Å². The van der Waals surface area contributed by atoms with Crippen molar-refractivity contribution in [1.82, 2.24) is 19.7 Å². The molecule has 2 aliphatic rings. The molecule has 0 unspecified atom stereocenters. The molecule has 1 amide bonds. The number of amides is 1. The molecule has 34 heavy (non-hydrogen) atoms. The first kappa shape index (κ1) is 23.2. The lowest BCUT2D eigenvalue weighted by atomic mass is 10.1. The average Bonchev–Trinajstić information content (AvgIpc) is 3.34. The molecule has 0 atom stereocenters. The topological polar surface area (TPSA) is 48.9 Å². The number of hydrogen-bond donors (Lipinski definition) is 0. The van der Waals surface area contributed by atoms with Crippen LogP contribution in [0.4, 0.5) is 0 Å². The van der Waals surface area contributed by atoms with Crippen molar-refractivity contribution in [2.75, 3.05) is 52.5 Å². The molecule has 0 saturated carbocycles. The Morgan fingerprint density at radius 1 is 0.853 bits per heavy atom. The van der Waals surface area contributed by atoms with Crippen LogP contribution < -0.4 is 0 Å². The van der Waals surface area contributed by atoms with E-state index in [1.54, 1.807) is 11.3 Å². The van der Waals surface area contributed by atoms with Crippen LogP contribution in [0, 0.1) is 0 Å². The zero-order valence-corrected chi connectivity index (χ0v) is 20.4. The van der Waals surface area contributed by atoms with Gasteiger partial charge in [-0.1, -0.05) is 48.5 Å². The van der Waals surface area contributed by atoms with Crippen molar-refractivity contribution < 1.29 is 9.53 Å². The van der Waals surface area contributed by atoms with Crippen LogP contribution in [0.5, 0.6) is 0 Å². The minimum absolute atomic E-state index is 0.178.